The summed E-state index contributed by atoms with van der Waals surface area (Å²) in [6, 6.07) is 17.0. The molecule has 0 fully saturated rings. The molecule has 0 aliphatic carbocycles. The van der Waals surface area contributed by atoms with Crippen LogP contribution in [0.2, 0.25) is 0 Å². The van der Waals surface area contributed by atoms with Gasteiger partial charge in [-0.05, 0) is 61.4 Å². The van der Waals surface area contributed by atoms with Gasteiger partial charge in [-0.2, -0.15) is 0 Å². The fourth-order valence-electron chi connectivity index (χ4n) is 3.20. The highest BCUT2D eigenvalue weighted by molar-refractivity contribution is 7.91. The summed E-state index contributed by atoms with van der Waals surface area (Å²) >= 11 is 0. The van der Waals surface area contributed by atoms with Gasteiger partial charge in [0.1, 0.15) is 0 Å². The van der Waals surface area contributed by atoms with Crippen molar-refractivity contribution in [3.63, 3.8) is 0 Å². The molecule has 0 saturated heterocycles. The maximum atomic E-state index is 12.8. The van der Waals surface area contributed by atoms with Crippen molar-refractivity contribution >= 4 is 33.0 Å². The van der Waals surface area contributed by atoms with Crippen molar-refractivity contribution in [2.24, 2.45) is 0 Å². The number of anilines is 2. The molecule has 0 radical (unpaired) electrons. The number of nitrogens with one attached hydrogen (secondary N) is 2. The summed E-state index contributed by atoms with van der Waals surface area (Å²) in [4.78, 5) is 29.4. The predicted octanol–water partition coefficient (Wildman–Crippen LogP) is 3.97. The van der Waals surface area contributed by atoms with Gasteiger partial charge >= 0.3 is 0 Å². The molecule has 0 aliphatic rings. The van der Waals surface area contributed by atoms with E-state index < -0.39 is 15.3 Å². The Bertz CT molecular complexity index is 1220. The van der Waals surface area contributed by atoms with Gasteiger partial charge in [0.05, 0.1) is 34.4 Å². The van der Waals surface area contributed by atoms with E-state index in [0.717, 1.165) is 5.56 Å². The SMILES string of the molecule is CCS(=O)(=O)c1ccc(CC(=O)Nc2ccc(C(C)(C)C(=O)Nc3cccnc3)cc2)cc1. The monoisotopic (exact) mass is 465 g/mol. The normalized spacial score (nSPS) is 11.6. The van der Waals surface area contributed by atoms with Crippen molar-refractivity contribution in [2.45, 2.75) is 37.5 Å². The van der Waals surface area contributed by atoms with Gasteiger partial charge in [0.25, 0.3) is 0 Å². The number of amides is 2. The zero-order chi connectivity index (χ0) is 24.1. The first-order valence-electron chi connectivity index (χ1n) is 10.6. The maximum absolute atomic E-state index is 12.8. The summed E-state index contributed by atoms with van der Waals surface area (Å²) in [5, 5.41) is 5.69. The molecule has 0 unspecified atom stereocenters. The van der Waals surface area contributed by atoms with E-state index in [4.69, 9.17) is 0 Å². The van der Waals surface area contributed by atoms with Gasteiger partial charge in [0, 0.05) is 11.9 Å². The second-order valence-corrected chi connectivity index (χ2v) is 10.4. The lowest BCUT2D eigenvalue weighted by Crippen LogP contribution is -2.34. The highest BCUT2D eigenvalue weighted by atomic mass is 32.2. The lowest BCUT2D eigenvalue weighted by molar-refractivity contribution is -0.120. The Morgan fingerprint density at radius 2 is 1.58 bits per heavy atom. The smallest absolute Gasteiger partial charge is 0.234 e. The maximum Gasteiger partial charge on any atom is 0.234 e. The number of aromatic nitrogens is 1. The summed E-state index contributed by atoms with van der Waals surface area (Å²) in [7, 11) is -3.26. The zero-order valence-electron chi connectivity index (χ0n) is 18.8. The number of carbonyl (C=O) groups is 2. The molecule has 8 heteroatoms. The topological polar surface area (TPSA) is 105 Å². The lowest BCUT2D eigenvalue weighted by atomic mass is 9.83. The Kier molecular flexibility index (Phi) is 7.28. The summed E-state index contributed by atoms with van der Waals surface area (Å²) in [5.74, 6) is -0.353. The fourth-order valence-corrected chi connectivity index (χ4v) is 4.08. The molecule has 0 spiro atoms. The van der Waals surface area contributed by atoms with Gasteiger partial charge in [-0.1, -0.05) is 31.2 Å². The van der Waals surface area contributed by atoms with E-state index in [-0.39, 0.29) is 28.9 Å². The number of rotatable bonds is 8. The van der Waals surface area contributed by atoms with E-state index in [1.807, 2.05) is 26.0 Å². The van der Waals surface area contributed by atoms with Gasteiger partial charge in [0.15, 0.2) is 9.84 Å². The van der Waals surface area contributed by atoms with Crippen LogP contribution in [0.15, 0.2) is 78.0 Å². The minimum absolute atomic E-state index is 0.0325. The van der Waals surface area contributed by atoms with Crippen LogP contribution in [0, 0.1) is 0 Å². The molecule has 2 amide bonds. The Hall–Kier alpha value is -3.52. The average Bonchev–Trinajstić information content (AvgIpc) is 2.80. The summed E-state index contributed by atoms with van der Waals surface area (Å²) in [6.45, 7) is 5.25. The molecule has 1 aromatic heterocycles. The van der Waals surface area contributed by atoms with E-state index in [1.54, 1.807) is 55.7 Å². The highest BCUT2D eigenvalue weighted by Gasteiger charge is 2.29. The molecule has 2 aromatic carbocycles. The molecule has 1 heterocycles. The number of hydrogen-bond acceptors (Lipinski definition) is 5. The van der Waals surface area contributed by atoms with Crippen LogP contribution < -0.4 is 10.6 Å². The molecule has 0 bridgehead atoms. The lowest BCUT2D eigenvalue weighted by Gasteiger charge is -2.24. The molecule has 3 aromatic rings. The van der Waals surface area contributed by atoms with Crippen molar-refractivity contribution in [3.8, 4) is 0 Å². The molecule has 33 heavy (non-hydrogen) atoms. The molecular weight excluding hydrogens is 438 g/mol. The number of hydrogen-bond donors (Lipinski definition) is 2. The Morgan fingerprint density at radius 3 is 2.15 bits per heavy atom. The highest BCUT2D eigenvalue weighted by Crippen LogP contribution is 2.26. The van der Waals surface area contributed by atoms with Crippen molar-refractivity contribution < 1.29 is 18.0 Å². The quantitative estimate of drug-likeness (QED) is 0.524. The van der Waals surface area contributed by atoms with Crippen LogP contribution in [0.4, 0.5) is 11.4 Å². The van der Waals surface area contributed by atoms with Crippen molar-refractivity contribution in [2.75, 3.05) is 16.4 Å². The van der Waals surface area contributed by atoms with Gasteiger partial charge in [-0.15, -0.1) is 0 Å². The van der Waals surface area contributed by atoms with E-state index in [1.165, 1.54) is 12.1 Å². The van der Waals surface area contributed by atoms with Crippen LogP contribution in [-0.4, -0.2) is 31.0 Å². The molecule has 0 atom stereocenters. The third kappa shape index (κ3) is 6.04. The standard InChI is InChI=1S/C25H27N3O4S/c1-4-33(31,32)22-13-7-18(8-14-22)16-23(29)27-20-11-9-19(10-12-20)25(2,3)24(30)28-21-6-5-15-26-17-21/h5-15,17H,4,16H2,1-3H3,(H,27,29)(H,28,30). The molecule has 0 saturated carbocycles. The number of benzene rings is 2. The van der Waals surface area contributed by atoms with Crippen molar-refractivity contribution in [3.05, 3.63) is 84.2 Å². The molecule has 3 rings (SSSR count). The molecule has 7 nitrogen and oxygen atoms in total. The molecule has 172 valence electrons. The van der Waals surface area contributed by atoms with E-state index in [2.05, 4.69) is 15.6 Å². The van der Waals surface area contributed by atoms with Gasteiger partial charge < -0.3 is 10.6 Å². The first-order chi connectivity index (χ1) is 15.6. The van der Waals surface area contributed by atoms with E-state index in [9.17, 15) is 18.0 Å². The molecule has 0 aliphatic heterocycles. The van der Waals surface area contributed by atoms with E-state index >= 15 is 0 Å². The summed E-state index contributed by atoms with van der Waals surface area (Å²) in [5.41, 5.74) is 1.96. The average molecular weight is 466 g/mol. The van der Waals surface area contributed by atoms with Crippen molar-refractivity contribution in [1.82, 2.24) is 4.98 Å². The van der Waals surface area contributed by atoms with Crippen LogP contribution in [-0.2, 0) is 31.3 Å². The number of carbonyl (C=O) groups excluding carboxylic acids is 2. The zero-order valence-corrected chi connectivity index (χ0v) is 19.6. The Morgan fingerprint density at radius 1 is 0.909 bits per heavy atom. The van der Waals surface area contributed by atoms with Crippen molar-refractivity contribution in [1.29, 1.82) is 0 Å². The van der Waals surface area contributed by atoms with Crippen LogP contribution in [0.1, 0.15) is 31.9 Å². The van der Waals surface area contributed by atoms with Crippen LogP contribution in [0.3, 0.4) is 0 Å². The largest absolute Gasteiger partial charge is 0.326 e. The Balaban J connectivity index is 1.61. The first kappa shape index (κ1) is 24.1. The minimum atomic E-state index is -3.26. The third-order valence-electron chi connectivity index (χ3n) is 5.40. The third-order valence-corrected chi connectivity index (χ3v) is 7.16. The number of pyridine rings is 1. The first-order valence-corrected chi connectivity index (χ1v) is 12.2. The van der Waals surface area contributed by atoms with Crippen LogP contribution >= 0.6 is 0 Å². The minimum Gasteiger partial charge on any atom is -0.326 e. The predicted molar refractivity (Wildman–Crippen MR) is 129 cm³/mol. The van der Waals surface area contributed by atoms with Crippen LogP contribution in [0.25, 0.3) is 0 Å². The second-order valence-electron chi connectivity index (χ2n) is 8.17. The number of sulfone groups is 1. The fraction of sp³-hybridized carbons (Fsp3) is 0.240. The molecular formula is C25H27N3O4S. The van der Waals surface area contributed by atoms with Gasteiger partial charge in [-0.25, -0.2) is 8.42 Å². The number of nitrogens with zero attached hydrogens (tertiary/aromatic N) is 1. The second kappa shape index (κ2) is 9.95. The van der Waals surface area contributed by atoms with Crippen LogP contribution in [0.5, 0.6) is 0 Å². The van der Waals surface area contributed by atoms with Gasteiger partial charge in [0.2, 0.25) is 11.8 Å². The summed E-state index contributed by atoms with van der Waals surface area (Å²) < 4.78 is 23.8. The van der Waals surface area contributed by atoms with E-state index in [0.29, 0.717) is 16.9 Å². The molecule has 2 N–H and O–H groups in total. The summed E-state index contributed by atoms with van der Waals surface area (Å²) in [6.07, 6.45) is 3.34. The Labute approximate surface area is 194 Å². The van der Waals surface area contributed by atoms with Gasteiger partial charge in [-0.3, -0.25) is 14.6 Å².